The number of alkyl halides is 1. The number of nitrogens with zero attached hydrogens (tertiary/aromatic N) is 2. The van der Waals surface area contributed by atoms with E-state index >= 15 is 0 Å². The third-order valence-electron chi connectivity index (χ3n) is 3.46. The van der Waals surface area contributed by atoms with Crippen molar-refractivity contribution in [2.24, 2.45) is 0 Å². The summed E-state index contributed by atoms with van der Waals surface area (Å²) in [5.41, 5.74) is 1.33. The molecular formula is C18H15ClN4O3. The van der Waals surface area contributed by atoms with Gasteiger partial charge in [0.25, 0.3) is 5.91 Å². The largest absolute Gasteiger partial charge is 0.403 e. The number of carbonyl (C=O) groups is 2. The maximum absolute atomic E-state index is 12.5. The summed E-state index contributed by atoms with van der Waals surface area (Å²) in [6.07, 6.45) is 0. The molecule has 0 bridgehead atoms. The molecule has 8 heteroatoms. The van der Waals surface area contributed by atoms with Gasteiger partial charge in [0.2, 0.25) is 11.8 Å². The van der Waals surface area contributed by atoms with Crippen molar-refractivity contribution in [2.75, 3.05) is 10.6 Å². The third kappa shape index (κ3) is 4.07. The second-order valence-electron chi connectivity index (χ2n) is 5.38. The second-order valence-corrected chi connectivity index (χ2v) is 6.04. The summed E-state index contributed by atoms with van der Waals surface area (Å²) in [5, 5.41) is 12.1. The Bertz CT molecular complexity index is 925. The van der Waals surface area contributed by atoms with Crippen molar-refractivity contribution < 1.29 is 14.0 Å². The van der Waals surface area contributed by atoms with Crippen LogP contribution in [0.25, 0.3) is 11.5 Å². The molecule has 0 radical (unpaired) electrons. The predicted molar refractivity (Wildman–Crippen MR) is 98.1 cm³/mol. The number of rotatable bonds is 5. The van der Waals surface area contributed by atoms with E-state index in [9.17, 15) is 9.59 Å². The Kier molecular flexibility index (Phi) is 5.28. The lowest BCUT2D eigenvalue weighted by Crippen LogP contribution is -2.23. The number of halogens is 1. The first-order valence-corrected chi connectivity index (χ1v) is 8.22. The molecule has 0 aliphatic carbocycles. The van der Waals surface area contributed by atoms with Crippen LogP contribution >= 0.6 is 11.6 Å². The van der Waals surface area contributed by atoms with E-state index in [0.717, 1.165) is 5.56 Å². The SMILES string of the molecule is C[C@@H](Cl)C(=O)Nc1ccccc1C(=O)Nc1nnc(-c2ccccc2)o1. The highest BCUT2D eigenvalue weighted by Crippen LogP contribution is 2.21. The van der Waals surface area contributed by atoms with E-state index in [0.29, 0.717) is 11.6 Å². The summed E-state index contributed by atoms with van der Waals surface area (Å²) in [4.78, 5) is 24.3. The van der Waals surface area contributed by atoms with Gasteiger partial charge in [0.15, 0.2) is 0 Å². The van der Waals surface area contributed by atoms with Crippen molar-refractivity contribution in [3.8, 4) is 11.5 Å². The zero-order valence-electron chi connectivity index (χ0n) is 13.8. The summed E-state index contributed by atoms with van der Waals surface area (Å²) in [7, 11) is 0. The van der Waals surface area contributed by atoms with Gasteiger partial charge in [0.05, 0.1) is 11.3 Å². The first-order chi connectivity index (χ1) is 12.5. The molecule has 0 unspecified atom stereocenters. The van der Waals surface area contributed by atoms with Crippen LogP contribution in [0, 0.1) is 0 Å². The second kappa shape index (κ2) is 7.79. The normalized spacial score (nSPS) is 11.6. The maximum atomic E-state index is 12.5. The summed E-state index contributed by atoms with van der Waals surface area (Å²) in [6.45, 7) is 1.54. The molecule has 2 N–H and O–H groups in total. The van der Waals surface area contributed by atoms with Crippen LogP contribution in [0.5, 0.6) is 0 Å². The minimum atomic E-state index is -0.726. The summed E-state index contributed by atoms with van der Waals surface area (Å²) >= 11 is 5.75. The Morgan fingerprint density at radius 3 is 2.42 bits per heavy atom. The Labute approximate surface area is 154 Å². The summed E-state index contributed by atoms with van der Waals surface area (Å²) in [6, 6.07) is 15.7. The number of hydrogen-bond acceptors (Lipinski definition) is 5. The molecule has 132 valence electrons. The molecule has 0 saturated heterocycles. The topological polar surface area (TPSA) is 97.1 Å². The number of amides is 2. The fourth-order valence-corrected chi connectivity index (χ4v) is 2.21. The van der Waals surface area contributed by atoms with E-state index in [1.807, 2.05) is 30.3 Å². The van der Waals surface area contributed by atoms with Gasteiger partial charge in [-0.2, -0.15) is 0 Å². The van der Waals surface area contributed by atoms with Gasteiger partial charge in [-0.3, -0.25) is 14.9 Å². The first-order valence-electron chi connectivity index (χ1n) is 7.79. The van der Waals surface area contributed by atoms with Crippen LogP contribution in [0.3, 0.4) is 0 Å². The standard InChI is InChI=1S/C18H15ClN4O3/c1-11(19)15(24)20-14-10-6-5-9-13(14)16(25)21-18-23-22-17(26-18)12-7-3-2-4-8-12/h2-11H,1H3,(H,20,24)(H,21,23,25)/t11-/m1/s1. The van der Waals surface area contributed by atoms with Crippen molar-refractivity contribution in [3.05, 3.63) is 60.2 Å². The van der Waals surface area contributed by atoms with Crippen LogP contribution in [0.1, 0.15) is 17.3 Å². The van der Waals surface area contributed by atoms with E-state index < -0.39 is 17.2 Å². The van der Waals surface area contributed by atoms with Crippen molar-refractivity contribution >= 4 is 35.1 Å². The van der Waals surface area contributed by atoms with Gasteiger partial charge >= 0.3 is 6.01 Å². The quantitative estimate of drug-likeness (QED) is 0.669. The number of aromatic nitrogens is 2. The van der Waals surface area contributed by atoms with Crippen LogP contribution in [0.4, 0.5) is 11.7 Å². The lowest BCUT2D eigenvalue weighted by Gasteiger charge is -2.10. The van der Waals surface area contributed by atoms with Gasteiger partial charge < -0.3 is 9.73 Å². The average molecular weight is 371 g/mol. The number of benzene rings is 2. The van der Waals surface area contributed by atoms with Crippen molar-refractivity contribution in [3.63, 3.8) is 0 Å². The van der Waals surface area contributed by atoms with Crippen LogP contribution in [-0.4, -0.2) is 27.4 Å². The molecule has 0 spiro atoms. The predicted octanol–water partition coefficient (Wildman–Crippen LogP) is 3.55. The number of nitrogens with one attached hydrogen (secondary N) is 2. The summed E-state index contributed by atoms with van der Waals surface area (Å²) in [5.74, 6) is -0.610. The van der Waals surface area contributed by atoms with Crippen molar-refractivity contribution in [2.45, 2.75) is 12.3 Å². The minimum Gasteiger partial charge on any atom is -0.403 e. The van der Waals surface area contributed by atoms with Gasteiger partial charge in [-0.1, -0.05) is 35.4 Å². The fourth-order valence-electron chi connectivity index (χ4n) is 2.16. The van der Waals surface area contributed by atoms with Gasteiger partial charge in [-0.25, -0.2) is 0 Å². The first kappa shape index (κ1) is 17.6. The molecule has 3 rings (SSSR count). The zero-order chi connectivity index (χ0) is 18.5. The fraction of sp³-hybridized carbons (Fsp3) is 0.111. The van der Waals surface area contributed by atoms with E-state index in [-0.39, 0.29) is 11.6 Å². The highest BCUT2D eigenvalue weighted by atomic mass is 35.5. The van der Waals surface area contributed by atoms with Gasteiger partial charge in [0.1, 0.15) is 5.38 Å². The monoisotopic (exact) mass is 370 g/mol. The van der Waals surface area contributed by atoms with Gasteiger partial charge in [0, 0.05) is 5.56 Å². The molecule has 26 heavy (non-hydrogen) atoms. The summed E-state index contributed by atoms with van der Waals surface area (Å²) < 4.78 is 5.46. The lowest BCUT2D eigenvalue weighted by molar-refractivity contribution is -0.115. The zero-order valence-corrected chi connectivity index (χ0v) is 14.5. The number of hydrogen-bond donors (Lipinski definition) is 2. The average Bonchev–Trinajstić information content (AvgIpc) is 3.11. The Hall–Kier alpha value is -3.19. The molecule has 7 nitrogen and oxygen atoms in total. The van der Waals surface area contributed by atoms with Crippen LogP contribution in [0.2, 0.25) is 0 Å². The smallest absolute Gasteiger partial charge is 0.322 e. The third-order valence-corrected chi connectivity index (χ3v) is 3.66. The molecule has 0 saturated carbocycles. The molecule has 0 aliphatic rings. The number of anilines is 2. The molecule has 0 aliphatic heterocycles. The van der Waals surface area contributed by atoms with Crippen molar-refractivity contribution in [1.82, 2.24) is 10.2 Å². The highest BCUT2D eigenvalue weighted by Gasteiger charge is 2.18. The maximum Gasteiger partial charge on any atom is 0.322 e. The van der Waals surface area contributed by atoms with Crippen LogP contribution < -0.4 is 10.6 Å². The van der Waals surface area contributed by atoms with Gasteiger partial charge in [-0.05, 0) is 31.2 Å². The molecule has 3 aromatic rings. The molecule has 1 heterocycles. The Balaban J connectivity index is 1.77. The van der Waals surface area contributed by atoms with E-state index in [4.69, 9.17) is 16.0 Å². The molecular weight excluding hydrogens is 356 g/mol. The highest BCUT2D eigenvalue weighted by molar-refractivity contribution is 6.32. The van der Waals surface area contributed by atoms with Crippen LogP contribution in [0.15, 0.2) is 59.0 Å². The van der Waals surface area contributed by atoms with Gasteiger partial charge in [-0.15, -0.1) is 16.7 Å². The van der Waals surface area contributed by atoms with E-state index in [2.05, 4.69) is 20.8 Å². The minimum absolute atomic E-state index is 0.0410. The van der Waals surface area contributed by atoms with Crippen LogP contribution in [-0.2, 0) is 4.79 Å². The Morgan fingerprint density at radius 2 is 1.69 bits per heavy atom. The van der Waals surface area contributed by atoms with Crippen molar-refractivity contribution in [1.29, 1.82) is 0 Å². The molecule has 1 aromatic heterocycles. The molecule has 1 atom stereocenters. The van der Waals surface area contributed by atoms with E-state index in [1.165, 1.54) is 0 Å². The Morgan fingerprint density at radius 1 is 1.00 bits per heavy atom. The molecule has 2 aromatic carbocycles. The molecule has 2 amide bonds. The lowest BCUT2D eigenvalue weighted by atomic mass is 10.1. The molecule has 0 fully saturated rings. The number of carbonyl (C=O) groups excluding carboxylic acids is 2. The van der Waals surface area contributed by atoms with E-state index in [1.54, 1.807) is 31.2 Å². The number of para-hydroxylation sites is 1.